The zero-order chi connectivity index (χ0) is 16.6. The number of nitrogens with zero attached hydrogens (tertiary/aromatic N) is 2. The van der Waals surface area contributed by atoms with Gasteiger partial charge in [0, 0.05) is 12.0 Å². The fraction of sp³-hybridized carbons (Fsp3) is 0.375. The first-order chi connectivity index (χ1) is 10.9. The molecule has 122 valence electrons. The Morgan fingerprint density at radius 2 is 1.96 bits per heavy atom. The lowest BCUT2D eigenvalue weighted by atomic mass is 10.1. The van der Waals surface area contributed by atoms with E-state index >= 15 is 0 Å². The molecule has 0 unspecified atom stereocenters. The number of carbonyl (C=O) groups excluding carboxylic acids is 1. The Balaban J connectivity index is 2.03. The van der Waals surface area contributed by atoms with E-state index in [-0.39, 0.29) is 23.3 Å². The second-order valence-electron chi connectivity index (χ2n) is 6.20. The van der Waals surface area contributed by atoms with Gasteiger partial charge in [-0.15, -0.1) is 0 Å². The van der Waals surface area contributed by atoms with Gasteiger partial charge in [0.1, 0.15) is 5.82 Å². The fourth-order valence-electron chi connectivity index (χ4n) is 2.68. The first kappa shape index (κ1) is 15.7. The molecule has 1 aliphatic rings. The molecular formula is C16H19N3O3S. The second-order valence-corrected chi connectivity index (χ2v) is 8.26. The number of para-hydroxylation sites is 1. The summed E-state index contributed by atoms with van der Waals surface area (Å²) < 4.78 is 25.3. The van der Waals surface area contributed by atoms with Gasteiger partial charge in [-0.25, -0.2) is 13.1 Å². The quantitative estimate of drug-likeness (QED) is 0.931. The molecule has 3 rings (SSSR count). The third-order valence-corrected chi connectivity index (χ3v) is 5.08. The van der Waals surface area contributed by atoms with E-state index in [1.54, 1.807) is 4.68 Å². The summed E-state index contributed by atoms with van der Waals surface area (Å²) in [6.07, 6.45) is 0.376. The average molecular weight is 333 g/mol. The number of rotatable bonds is 4. The molecule has 6 nitrogen and oxygen atoms in total. The number of amides is 1. The summed E-state index contributed by atoms with van der Waals surface area (Å²) in [6, 6.07) is 9.38. The van der Waals surface area contributed by atoms with Gasteiger partial charge in [-0.2, -0.15) is 5.10 Å². The van der Waals surface area contributed by atoms with Crippen LogP contribution in [0.5, 0.6) is 0 Å². The minimum atomic E-state index is -3.17. The molecule has 0 aliphatic carbocycles. The lowest BCUT2D eigenvalue weighted by Crippen LogP contribution is -2.18. The van der Waals surface area contributed by atoms with Gasteiger partial charge in [0.05, 0.1) is 22.9 Å². The molecule has 0 spiro atoms. The molecule has 1 aliphatic heterocycles. The molecule has 2 heterocycles. The average Bonchev–Trinajstić information content (AvgIpc) is 2.92. The van der Waals surface area contributed by atoms with Crippen LogP contribution < -0.4 is 5.32 Å². The van der Waals surface area contributed by atoms with Crippen LogP contribution >= 0.6 is 0 Å². The van der Waals surface area contributed by atoms with Crippen molar-refractivity contribution in [2.75, 3.05) is 5.32 Å². The van der Waals surface area contributed by atoms with Crippen molar-refractivity contribution in [1.29, 1.82) is 0 Å². The number of carbonyl (C=O) groups is 1. The Labute approximate surface area is 135 Å². The summed E-state index contributed by atoms with van der Waals surface area (Å²) in [5, 5.41) is 7.27. The number of anilines is 1. The highest BCUT2D eigenvalue weighted by atomic mass is 32.2. The molecule has 1 aromatic heterocycles. The smallest absolute Gasteiger partial charge is 0.225 e. The molecule has 0 saturated heterocycles. The fourth-order valence-corrected chi connectivity index (χ4v) is 4.17. The van der Waals surface area contributed by atoms with Gasteiger partial charge in [-0.3, -0.25) is 4.79 Å². The molecule has 1 amide bonds. The number of sulfone groups is 1. The standard InChI is InChI=1S/C16H19N3O3S/c1-11(2)8-15(20)17-16-13-9-23(21,22)10-14(13)18-19(16)12-6-4-3-5-7-12/h3-7,11H,8-10H2,1-2H3,(H,17,20). The van der Waals surface area contributed by atoms with E-state index in [1.807, 2.05) is 44.2 Å². The molecule has 7 heteroatoms. The summed E-state index contributed by atoms with van der Waals surface area (Å²) in [7, 11) is -3.17. The van der Waals surface area contributed by atoms with E-state index in [0.29, 0.717) is 23.5 Å². The van der Waals surface area contributed by atoms with Gasteiger partial charge >= 0.3 is 0 Å². The third kappa shape index (κ3) is 3.29. The van der Waals surface area contributed by atoms with E-state index in [4.69, 9.17) is 0 Å². The predicted molar refractivity (Wildman–Crippen MR) is 88.0 cm³/mol. The van der Waals surface area contributed by atoms with Crippen molar-refractivity contribution in [2.24, 2.45) is 5.92 Å². The molecule has 0 radical (unpaired) electrons. The molecule has 0 bridgehead atoms. The number of hydrogen-bond acceptors (Lipinski definition) is 4. The van der Waals surface area contributed by atoms with Crippen molar-refractivity contribution in [3.05, 3.63) is 41.6 Å². The first-order valence-corrected chi connectivity index (χ1v) is 9.34. The van der Waals surface area contributed by atoms with Crippen LogP contribution in [0.15, 0.2) is 30.3 Å². The number of nitrogens with one attached hydrogen (secondary N) is 1. The zero-order valence-corrected chi connectivity index (χ0v) is 13.9. The van der Waals surface area contributed by atoms with Crippen molar-refractivity contribution in [1.82, 2.24) is 9.78 Å². The monoisotopic (exact) mass is 333 g/mol. The Morgan fingerprint density at radius 3 is 2.61 bits per heavy atom. The molecule has 2 aromatic rings. The van der Waals surface area contributed by atoms with Crippen LogP contribution in [0.2, 0.25) is 0 Å². The van der Waals surface area contributed by atoms with Crippen LogP contribution in [0.4, 0.5) is 5.82 Å². The molecule has 0 fully saturated rings. The van der Waals surface area contributed by atoms with Gasteiger partial charge < -0.3 is 5.32 Å². The maximum absolute atomic E-state index is 12.2. The second kappa shape index (κ2) is 5.81. The summed E-state index contributed by atoms with van der Waals surface area (Å²) in [4.78, 5) is 12.2. The Bertz CT molecular complexity index is 839. The van der Waals surface area contributed by atoms with E-state index in [2.05, 4.69) is 10.4 Å². The Hall–Kier alpha value is -2.15. The van der Waals surface area contributed by atoms with Gasteiger partial charge in [-0.1, -0.05) is 32.0 Å². The molecule has 1 N–H and O–H groups in total. The SMILES string of the molecule is CC(C)CC(=O)Nc1c2c(nn1-c1ccccc1)CS(=O)(=O)C2. The highest BCUT2D eigenvalue weighted by Gasteiger charge is 2.33. The maximum Gasteiger partial charge on any atom is 0.225 e. The van der Waals surface area contributed by atoms with E-state index in [0.717, 1.165) is 5.69 Å². The molecule has 0 atom stereocenters. The van der Waals surface area contributed by atoms with Crippen molar-refractivity contribution in [2.45, 2.75) is 31.8 Å². The van der Waals surface area contributed by atoms with Crippen LogP contribution in [-0.4, -0.2) is 24.1 Å². The summed E-state index contributed by atoms with van der Waals surface area (Å²) >= 11 is 0. The topological polar surface area (TPSA) is 81.1 Å². The number of fused-ring (bicyclic) bond motifs is 1. The van der Waals surface area contributed by atoms with Crippen LogP contribution in [-0.2, 0) is 26.1 Å². The van der Waals surface area contributed by atoms with Gasteiger partial charge in [0.25, 0.3) is 0 Å². The molecule has 0 saturated carbocycles. The minimum absolute atomic E-state index is 0.0742. The van der Waals surface area contributed by atoms with Gasteiger partial charge in [-0.05, 0) is 18.1 Å². The maximum atomic E-state index is 12.2. The Morgan fingerprint density at radius 1 is 1.26 bits per heavy atom. The lowest BCUT2D eigenvalue weighted by molar-refractivity contribution is -0.116. The van der Waals surface area contributed by atoms with Crippen LogP contribution in [0.3, 0.4) is 0 Å². The number of benzene rings is 1. The highest BCUT2D eigenvalue weighted by Crippen LogP contribution is 2.33. The summed E-state index contributed by atoms with van der Waals surface area (Å²) in [6.45, 7) is 3.92. The zero-order valence-electron chi connectivity index (χ0n) is 13.1. The van der Waals surface area contributed by atoms with Crippen LogP contribution in [0.1, 0.15) is 31.5 Å². The van der Waals surface area contributed by atoms with Gasteiger partial charge in [0.2, 0.25) is 5.91 Å². The molecule has 1 aromatic carbocycles. The normalized spacial score (nSPS) is 15.6. The van der Waals surface area contributed by atoms with Gasteiger partial charge in [0.15, 0.2) is 9.84 Å². The number of aromatic nitrogens is 2. The third-order valence-electron chi connectivity index (χ3n) is 3.64. The van der Waals surface area contributed by atoms with Crippen molar-refractivity contribution in [3.63, 3.8) is 0 Å². The lowest BCUT2D eigenvalue weighted by Gasteiger charge is -2.12. The minimum Gasteiger partial charge on any atom is -0.310 e. The predicted octanol–water partition coefficient (Wildman–Crippen LogP) is 2.29. The summed E-state index contributed by atoms with van der Waals surface area (Å²) in [5.74, 6) is 0.406. The van der Waals surface area contributed by atoms with E-state index < -0.39 is 9.84 Å². The first-order valence-electron chi connectivity index (χ1n) is 7.52. The van der Waals surface area contributed by atoms with Crippen molar-refractivity contribution >= 4 is 21.6 Å². The largest absolute Gasteiger partial charge is 0.310 e. The number of hydrogen-bond donors (Lipinski definition) is 1. The van der Waals surface area contributed by atoms with Crippen molar-refractivity contribution < 1.29 is 13.2 Å². The van der Waals surface area contributed by atoms with Crippen molar-refractivity contribution in [3.8, 4) is 5.69 Å². The molecular weight excluding hydrogens is 314 g/mol. The van der Waals surface area contributed by atoms with E-state index in [9.17, 15) is 13.2 Å². The highest BCUT2D eigenvalue weighted by molar-refractivity contribution is 7.90. The van der Waals surface area contributed by atoms with Crippen LogP contribution in [0.25, 0.3) is 5.69 Å². The van der Waals surface area contributed by atoms with E-state index in [1.165, 1.54) is 0 Å². The molecule has 23 heavy (non-hydrogen) atoms. The summed E-state index contributed by atoms with van der Waals surface area (Å²) in [5.41, 5.74) is 1.92. The Kier molecular flexibility index (Phi) is 3.97. The van der Waals surface area contributed by atoms with Crippen LogP contribution in [0, 0.1) is 5.92 Å².